The molecule has 0 radical (unpaired) electrons. The third-order valence-electron chi connectivity index (χ3n) is 2.86. The summed E-state index contributed by atoms with van der Waals surface area (Å²) in [5, 5.41) is 0.710. The van der Waals surface area contributed by atoms with Crippen molar-refractivity contribution in [2.24, 2.45) is 5.92 Å². The standard InChI is InChI=1S/C12H15BrClNO/c1-15-5-4-9(7-15)8-16-12-6-10(14)2-3-11(12)13/h2-3,6,9H,4-5,7-8H2,1H3. The van der Waals surface area contributed by atoms with Crippen molar-refractivity contribution in [1.82, 2.24) is 4.90 Å². The van der Waals surface area contributed by atoms with Crippen molar-refractivity contribution < 1.29 is 4.74 Å². The largest absolute Gasteiger partial charge is 0.492 e. The van der Waals surface area contributed by atoms with Crippen LogP contribution in [0, 0.1) is 5.92 Å². The highest BCUT2D eigenvalue weighted by molar-refractivity contribution is 9.10. The van der Waals surface area contributed by atoms with Crippen LogP contribution in [-0.4, -0.2) is 31.6 Å². The molecule has 4 heteroatoms. The first-order chi connectivity index (χ1) is 7.65. The van der Waals surface area contributed by atoms with E-state index in [9.17, 15) is 0 Å². The van der Waals surface area contributed by atoms with Crippen molar-refractivity contribution in [3.8, 4) is 5.75 Å². The summed E-state index contributed by atoms with van der Waals surface area (Å²) in [5.41, 5.74) is 0. The van der Waals surface area contributed by atoms with E-state index in [-0.39, 0.29) is 0 Å². The van der Waals surface area contributed by atoms with Gasteiger partial charge in [-0.3, -0.25) is 0 Å². The van der Waals surface area contributed by atoms with Crippen LogP contribution in [0.2, 0.25) is 5.02 Å². The number of likely N-dealkylation sites (tertiary alicyclic amines) is 1. The fourth-order valence-electron chi connectivity index (χ4n) is 1.96. The van der Waals surface area contributed by atoms with Gasteiger partial charge in [-0.1, -0.05) is 11.6 Å². The van der Waals surface area contributed by atoms with Gasteiger partial charge in [0.25, 0.3) is 0 Å². The minimum Gasteiger partial charge on any atom is -0.492 e. The first kappa shape index (κ1) is 12.2. The highest BCUT2D eigenvalue weighted by Crippen LogP contribution is 2.29. The Morgan fingerprint density at radius 3 is 3.06 bits per heavy atom. The SMILES string of the molecule is CN1CCC(COc2cc(Cl)ccc2Br)C1. The average Bonchev–Trinajstić information content (AvgIpc) is 2.66. The van der Waals surface area contributed by atoms with E-state index in [4.69, 9.17) is 16.3 Å². The minimum atomic E-state index is 0.635. The summed E-state index contributed by atoms with van der Waals surface area (Å²) >= 11 is 9.38. The Hall–Kier alpha value is -0.250. The summed E-state index contributed by atoms with van der Waals surface area (Å²) in [6.07, 6.45) is 1.22. The highest BCUT2D eigenvalue weighted by Gasteiger charge is 2.20. The maximum absolute atomic E-state index is 5.93. The summed E-state index contributed by atoms with van der Waals surface area (Å²) in [5.74, 6) is 1.47. The summed E-state index contributed by atoms with van der Waals surface area (Å²) in [6.45, 7) is 3.06. The Labute approximate surface area is 110 Å². The number of rotatable bonds is 3. The molecule has 1 unspecified atom stereocenters. The van der Waals surface area contributed by atoms with Crippen LogP contribution < -0.4 is 4.74 Å². The lowest BCUT2D eigenvalue weighted by Crippen LogP contribution is -2.18. The van der Waals surface area contributed by atoms with Crippen LogP contribution in [0.4, 0.5) is 0 Å². The Balaban J connectivity index is 1.91. The van der Waals surface area contributed by atoms with E-state index < -0.39 is 0 Å². The molecule has 2 rings (SSSR count). The molecule has 0 spiro atoms. The Bertz CT molecular complexity index is 372. The molecule has 0 aliphatic carbocycles. The van der Waals surface area contributed by atoms with Crippen LogP contribution >= 0.6 is 27.5 Å². The zero-order valence-electron chi connectivity index (χ0n) is 9.25. The van der Waals surface area contributed by atoms with Gasteiger partial charge < -0.3 is 9.64 Å². The maximum Gasteiger partial charge on any atom is 0.134 e. The third-order valence-corrected chi connectivity index (χ3v) is 3.75. The van der Waals surface area contributed by atoms with E-state index >= 15 is 0 Å². The molecule has 1 heterocycles. The van der Waals surface area contributed by atoms with Gasteiger partial charge in [0.2, 0.25) is 0 Å². The van der Waals surface area contributed by atoms with Gasteiger partial charge in [-0.05, 0) is 54.1 Å². The summed E-state index contributed by atoms with van der Waals surface area (Å²) in [4.78, 5) is 2.33. The number of benzene rings is 1. The van der Waals surface area contributed by atoms with E-state index in [1.54, 1.807) is 0 Å². The van der Waals surface area contributed by atoms with Crippen LogP contribution in [0.15, 0.2) is 22.7 Å². The van der Waals surface area contributed by atoms with Crippen molar-refractivity contribution in [3.05, 3.63) is 27.7 Å². The van der Waals surface area contributed by atoms with E-state index in [0.717, 1.165) is 23.4 Å². The molecule has 2 nitrogen and oxygen atoms in total. The highest BCUT2D eigenvalue weighted by atomic mass is 79.9. The van der Waals surface area contributed by atoms with Crippen molar-refractivity contribution in [1.29, 1.82) is 0 Å². The summed E-state index contributed by atoms with van der Waals surface area (Å²) < 4.78 is 6.75. The lowest BCUT2D eigenvalue weighted by atomic mass is 10.1. The predicted molar refractivity (Wildman–Crippen MR) is 70.3 cm³/mol. The lowest BCUT2D eigenvalue weighted by molar-refractivity contribution is 0.248. The Kier molecular flexibility index (Phi) is 4.11. The molecule has 16 heavy (non-hydrogen) atoms. The second-order valence-corrected chi connectivity index (χ2v) is 5.59. The lowest BCUT2D eigenvalue weighted by Gasteiger charge is -2.13. The van der Waals surface area contributed by atoms with Crippen molar-refractivity contribution >= 4 is 27.5 Å². The molecule has 1 aromatic carbocycles. The van der Waals surface area contributed by atoms with Gasteiger partial charge in [-0.25, -0.2) is 0 Å². The Morgan fingerprint density at radius 2 is 2.38 bits per heavy atom. The molecule has 0 bridgehead atoms. The van der Waals surface area contributed by atoms with Gasteiger partial charge in [0, 0.05) is 17.5 Å². The monoisotopic (exact) mass is 303 g/mol. The van der Waals surface area contributed by atoms with Gasteiger partial charge in [0.15, 0.2) is 0 Å². The van der Waals surface area contributed by atoms with Gasteiger partial charge in [0.05, 0.1) is 11.1 Å². The van der Waals surface area contributed by atoms with Crippen LogP contribution in [0.5, 0.6) is 5.75 Å². The quantitative estimate of drug-likeness (QED) is 0.848. The van der Waals surface area contributed by atoms with Crippen molar-refractivity contribution in [2.45, 2.75) is 6.42 Å². The zero-order chi connectivity index (χ0) is 11.5. The van der Waals surface area contributed by atoms with E-state index in [1.807, 2.05) is 18.2 Å². The topological polar surface area (TPSA) is 12.5 Å². The van der Waals surface area contributed by atoms with Crippen LogP contribution in [0.3, 0.4) is 0 Å². The molecule has 1 fully saturated rings. The predicted octanol–water partition coefficient (Wildman–Crippen LogP) is 3.43. The second kappa shape index (κ2) is 5.39. The fraction of sp³-hybridized carbons (Fsp3) is 0.500. The van der Waals surface area contributed by atoms with Gasteiger partial charge in [0.1, 0.15) is 5.75 Å². The molecule has 0 saturated carbocycles. The first-order valence-corrected chi connectivity index (χ1v) is 6.58. The first-order valence-electron chi connectivity index (χ1n) is 5.41. The van der Waals surface area contributed by atoms with E-state index in [0.29, 0.717) is 10.9 Å². The van der Waals surface area contributed by atoms with Gasteiger partial charge >= 0.3 is 0 Å². The number of halogens is 2. The molecule has 1 aliphatic heterocycles. The fourth-order valence-corrected chi connectivity index (χ4v) is 2.48. The Morgan fingerprint density at radius 1 is 1.56 bits per heavy atom. The molecule has 1 aromatic rings. The van der Waals surface area contributed by atoms with Crippen LogP contribution in [0.1, 0.15) is 6.42 Å². The molecular formula is C12H15BrClNO. The second-order valence-electron chi connectivity index (χ2n) is 4.30. The zero-order valence-corrected chi connectivity index (χ0v) is 11.6. The average molecular weight is 305 g/mol. The van der Waals surface area contributed by atoms with Gasteiger partial charge in [-0.2, -0.15) is 0 Å². The molecule has 0 amide bonds. The molecule has 1 aliphatic rings. The summed E-state index contributed by atoms with van der Waals surface area (Å²) in [7, 11) is 2.15. The normalized spacial score (nSPS) is 21.3. The van der Waals surface area contributed by atoms with Crippen molar-refractivity contribution in [3.63, 3.8) is 0 Å². The maximum atomic E-state index is 5.93. The van der Waals surface area contributed by atoms with E-state index in [2.05, 4.69) is 27.9 Å². The molecular weight excluding hydrogens is 289 g/mol. The smallest absolute Gasteiger partial charge is 0.134 e. The number of nitrogens with zero attached hydrogens (tertiary/aromatic N) is 1. The van der Waals surface area contributed by atoms with Crippen molar-refractivity contribution in [2.75, 3.05) is 26.7 Å². The number of ether oxygens (including phenoxy) is 1. The number of hydrogen-bond acceptors (Lipinski definition) is 2. The van der Waals surface area contributed by atoms with Gasteiger partial charge in [-0.15, -0.1) is 0 Å². The third kappa shape index (κ3) is 3.12. The van der Waals surface area contributed by atoms with Crippen LogP contribution in [-0.2, 0) is 0 Å². The molecule has 0 aromatic heterocycles. The van der Waals surface area contributed by atoms with E-state index in [1.165, 1.54) is 13.0 Å². The minimum absolute atomic E-state index is 0.635. The molecule has 1 atom stereocenters. The van der Waals surface area contributed by atoms with Crippen LogP contribution in [0.25, 0.3) is 0 Å². The molecule has 0 N–H and O–H groups in total. The molecule has 1 saturated heterocycles. The molecule has 88 valence electrons. The number of hydrogen-bond donors (Lipinski definition) is 0. The summed E-state index contributed by atoms with van der Waals surface area (Å²) in [6, 6.07) is 5.62.